The number of nitrogens with zero attached hydrogens (tertiary/aromatic N) is 2. The molecule has 0 bridgehead atoms. The zero-order valence-electron chi connectivity index (χ0n) is 25.0. The summed E-state index contributed by atoms with van der Waals surface area (Å²) in [7, 11) is 0. The summed E-state index contributed by atoms with van der Waals surface area (Å²) >= 11 is 0. The molecule has 202 valence electrons. The second-order valence-electron chi connectivity index (χ2n) is 11.2. The van der Waals surface area contributed by atoms with Crippen molar-refractivity contribution in [3.05, 3.63) is 64.5 Å². The first kappa shape index (κ1) is 22.7. The Morgan fingerprint density at radius 3 is 2.58 bits per heavy atom. The molecule has 3 aliphatic heterocycles. The number of halogens is 1. The van der Waals surface area contributed by atoms with Crippen LogP contribution < -0.4 is 10.1 Å². The van der Waals surface area contributed by atoms with Crippen molar-refractivity contribution in [1.82, 2.24) is 15.1 Å². The molecule has 1 N–H and O–H groups in total. The predicted molar refractivity (Wildman–Crippen MR) is 138 cm³/mol. The van der Waals surface area contributed by atoms with Crippen molar-refractivity contribution in [2.45, 2.75) is 77.4 Å². The van der Waals surface area contributed by atoms with Gasteiger partial charge in [-0.25, -0.2) is 4.39 Å². The molecular formula is C29H34FN3O5. The van der Waals surface area contributed by atoms with Crippen molar-refractivity contribution in [3.8, 4) is 5.75 Å². The smallest absolute Gasteiger partial charge is 0.255 e. The maximum atomic E-state index is 15.3. The van der Waals surface area contributed by atoms with Gasteiger partial charge in [-0.15, -0.1) is 0 Å². The van der Waals surface area contributed by atoms with Crippen LogP contribution in [-0.2, 0) is 34.0 Å². The molecule has 0 aliphatic carbocycles. The summed E-state index contributed by atoms with van der Waals surface area (Å²) < 4.78 is 53.5. The van der Waals surface area contributed by atoms with Crippen LogP contribution in [0, 0.1) is 5.82 Å². The summed E-state index contributed by atoms with van der Waals surface area (Å²) in [5.74, 6) is -2.16. The molecule has 9 heteroatoms. The second kappa shape index (κ2) is 9.78. The van der Waals surface area contributed by atoms with Crippen LogP contribution in [0.5, 0.6) is 5.75 Å². The number of fused-ring (bicyclic) bond motifs is 1. The highest BCUT2D eigenvalue weighted by Crippen LogP contribution is 2.34. The molecule has 3 amide bonds. The Hall–Kier alpha value is -3.30. The maximum Gasteiger partial charge on any atom is 0.255 e. The van der Waals surface area contributed by atoms with E-state index in [4.69, 9.17) is 13.6 Å². The molecule has 2 aromatic rings. The first-order chi connectivity index (χ1) is 19.0. The fraction of sp³-hybridized carbons (Fsp3) is 0.483. The Morgan fingerprint density at radius 2 is 1.89 bits per heavy atom. The quantitative estimate of drug-likeness (QED) is 0.580. The van der Waals surface area contributed by atoms with Crippen LogP contribution in [0.4, 0.5) is 4.39 Å². The van der Waals surface area contributed by atoms with Gasteiger partial charge in [0.2, 0.25) is 11.8 Å². The fourth-order valence-electron chi connectivity index (χ4n) is 5.46. The van der Waals surface area contributed by atoms with E-state index in [0.717, 1.165) is 4.90 Å². The molecule has 0 radical (unpaired) electrons. The van der Waals surface area contributed by atoms with Gasteiger partial charge in [-0.3, -0.25) is 24.6 Å². The van der Waals surface area contributed by atoms with E-state index in [9.17, 15) is 14.4 Å². The molecular weight excluding hydrogens is 489 g/mol. The van der Waals surface area contributed by atoms with Gasteiger partial charge in [-0.1, -0.05) is 18.2 Å². The Labute approximate surface area is 226 Å². The van der Waals surface area contributed by atoms with E-state index in [0.29, 0.717) is 24.4 Å². The summed E-state index contributed by atoms with van der Waals surface area (Å²) in [5, 5.41) is 2.14. The van der Waals surface area contributed by atoms with Gasteiger partial charge in [0.1, 0.15) is 24.2 Å². The number of carbonyl (C=O) groups excluding carboxylic acids is 3. The molecule has 8 nitrogen and oxygen atoms in total. The third-order valence-electron chi connectivity index (χ3n) is 6.77. The number of morpholine rings is 1. The highest BCUT2D eigenvalue weighted by atomic mass is 19.1. The zero-order chi connectivity index (χ0) is 30.0. The summed E-state index contributed by atoms with van der Waals surface area (Å²) in [6, 6.07) is 7.10. The molecule has 1 atom stereocenters. The number of rotatable bonds is 6. The molecule has 2 saturated heterocycles. The molecule has 5 rings (SSSR count). The third kappa shape index (κ3) is 5.44. The summed E-state index contributed by atoms with van der Waals surface area (Å²) in [6.45, 7) is 6.09. The molecule has 38 heavy (non-hydrogen) atoms. The lowest BCUT2D eigenvalue weighted by Crippen LogP contribution is -2.56. The van der Waals surface area contributed by atoms with Crippen LogP contribution in [-0.4, -0.2) is 57.8 Å². The minimum atomic E-state index is -1.94. The SMILES string of the molecule is [2H]C1(N2Cc3c(OCc4ccc(C([2H])([2H])N5CC(C)(C)OC(C)(C)C5)cc4F)cccc3C2=O)CCC(=O)NC1=O. The van der Waals surface area contributed by atoms with Crippen molar-refractivity contribution in [2.75, 3.05) is 13.1 Å². The third-order valence-corrected chi connectivity index (χ3v) is 6.77. The number of nitrogens with one attached hydrogen (secondary N) is 1. The number of amides is 3. The molecule has 0 spiro atoms. The molecule has 0 saturated carbocycles. The first-order valence-electron chi connectivity index (χ1n) is 14.2. The average molecular weight is 527 g/mol. The van der Waals surface area contributed by atoms with E-state index in [1.807, 2.05) is 27.7 Å². The van der Waals surface area contributed by atoms with Crippen LogP contribution in [0.1, 0.15) is 71.7 Å². The number of hydrogen-bond acceptors (Lipinski definition) is 6. The largest absolute Gasteiger partial charge is 0.488 e. The van der Waals surface area contributed by atoms with E-state index in [1.165, 1.54) is 12.1 Å². The van der Waals surface area contributed by atoms with E-state index in [-0.39, 0.29) is 42.7 Å². The van der Waals surface area contributed by atoms with Crippen molar-refractivity contribution in [2.24, 2.45) is 0 Å². The monoisotopic (exact) mass is 526 g/mol. The van der Waals surface area contributed by atoms with Gasteiger partial charge in [0.25, 0.3) is 5.91 Å². The number of hydrogen-bond donors (Lipinski definition) is 1. The Morgan fingerprint density at radius 1 is 1.16 bits per heavy atom. The molecule has 2 fully saturated rings. The number of benzene rings is 2. The van der Waals surface area contributed by atoms with Crippen molar-refractivity contribution in [1.29, 1.82) is 0 Å². The standard InChI is InChI=1S/C29H34FN3O5/c1-28(2)16-32(17-29(3,4)38-28)13-18-8-9-19(22(30)12-18)15-37-24-7-5-6-20-21(24)14-33(27(20)36)23-10-11-25(34)31-26(23)35/h5-9,12,23H,10-11,13-17H2,1-4H3,(H,31,34,35)/i13D2,23D. The average Bonchev–Trinajstić information content (AvgIpc) is 3.21. The lowest BCUT2D eigenvalue weighted by Gasteiger charge is -2.47. The van der Waals surface area contributed by atoms with Gasteiger partial charge in [0, 0.05) is 45.4 Å². The second-order valence-corrected chi connectivity index (χ2v) is 11.2. The van der Waals surface area contributed by atoms with Crippen molar-refractivity contribution in [3.63, 3.8) is 0 Å². The van der Waals surface area contributed by atoms with E-state index in [1.54, 1.807) is 29.2 Å². The van der Waals surface area contributed by atoms with Crippen molar-refractivity contribution < 1.29 is 32.4 Å². The minimum Gasteiger partial charge on any atom is -0.488 e. The van der Waals surface area contributed by atoms with Gasteiger partial charge in [-0.2, -0.15) is 0 Å². The van der Waals surface area contributed by atoms with Crippen LogP contribution in [0.3, 0.4) is 0 Å². The van der Waals surface area contributed by atoms with Crippen LogP contribution in [0.25, 0.3) is 0 Å². The zero-order valence-corrected chi connectivity index (χ0v) is 22.0. The van der Waals surface area contributed by atoms with Crippen LogP contribution >= 0.6 is 0 Å². The van der Waals surface area contributed by atoms with Crippen LogP contribution in [0.2, 0.25) is 0 Å². The summed E-state index contributed by atoms with van der Waals surface area (Å²) in [4.78, 5) is 40.0. The molecule has 3 aliphatic rings. The normalized spacial score (nSPS) is 26.3. The lowest BCUT2D eigenvalue weighted by molar-refractivity contribution is -0.182. The van der Waals surface area contributed by atoms with E-state index >= 15 is 4.39 Å². The van der Waals surface area contributed by atoms with Gasteiger partial charge in [0.15, 0.2) is 0 Å². The van der Waals surface area contributed by atoms with Gasteiger partial charge >= 0.3 is 0 Å². The molecule has 3 heterocycles. The molecule has 2 aromatic carbocycles. The van der Waals surface area contributed by atoms with Crippen molar-refractivity contribution >= 4 is 17.7 Å². The number of ether oxygens (including phenoxy) is 2. The number of piperidine rings is 1. The Balaban J connectivity index is 1.32. The highest BCUT2D eigenvalue weighted by molar-refractivity contribution is 6.05. The van der Waals surface area contributed by atoms with Gasteiger partial charge in [0.05, 0.1) is 19.1 Å². The minimum absolute atomic E-state index is 0.0486. The Bertz CT molecular complexity index is 1420. The fourth-order valence-corrected chi connectivity index (χ4v) is 5.46. The summed E-state index contributed by atoms with van der Waals surface area (Å²) in [6.07, 6.45) is -0.162. The first-order valence-corrected chi connectivity index (χ1v) is 12.7. The topological polar surface area (TPSA) is 88.2 Å². The highest BCUT2D eigenvalue weighted by Gasteiger charge is 2.40. The molecule has 1 unspecified atom stereocenters. The van der Waals surface area contributed by atoms with E-state index < -0.39 is 47.3 Å². The predicted octanol–water partition coefficient (Wildman–Crippen LogP) is 3.56. The van der Waals surface area contributed by atoms with Gasteiger partial charge < -0.3 is 14.4 Å². The summed E-state index contributed by atoms with van der Waals surface area (Å²) in [5.41, 5.74) is -0.0238. The Kier molecular flexibility index (Phi) is 5.83. The lowest BCUT2D eigenvalue weighted by atomic mass is 9.98. The van der Waals surface area contributed by atoms with E-state index in [2.05, 4.69) is 5.32 Å². The van der Waals surface area contributed by atoms with Gasteiger partial charge in [-0.05, 0) is 57.9 Å². The number of imide groups is 1. The molecule has 0 aromatic heterocycles. The van der Waals surface area contributed by atoms with Crippen LogP contribution in [0.15, 0.2) is 36.4 Å². The number of carbonyl (C=O) groups is 3. The maximum absolute atomic E-state index is 15.3.